The molecule has 3 aromatic rings. The van der Waals surface area contributed by atoms with Crippen LogP contribution in [0.25, 0.3) is 10.9 Å². The van der Waals surface area contributed by atoms with Gasteiger partial charge in [-0.15, -0.1) is 0 Å². The predicted octanol–water partition coefficient (Wildman–Crippen LogP) is 5.51. The summed E-state index contributed by atoms with van der Waals surface area (Å²) in [5, 5.41) is 0.896. The molecule has 1 fully saturated rings. The molecule has 1 aliphatic heterocycles. The number of pyridine rings is 1. The number of amides is 3. The Morgan fingerprint density at radius 2 is 1.74 bits per heavy atom. The number of alkyl halides is 3. The summed E-state index contributed by atoms with van der Waals surface area (Å²) in [4.78, 5) is 32.9. The van der Waals surface area contributed by atoms with Gasteiger partial charge in [0.1, 0.15) is 6.04 Å². The number of carbonyl (C=O) groups is 2. The molecule has 160 valence electrons. The van der Waals surface area contributed by atoms with E-state index in [-0.39, 0.29) is 28.9 Å². The minimum absolute atomic E-state index is 0.0148. The minimum atomic E-state index is -4.41. The van der Waals surface area contributed by atoms with E-state index in [1.54, 1.807) is 6.92 Å². The molecule has 0 spiro atoms. The van der Waals surface area contributed by atoms with Crippen LogP contribution < -0.4 is 4.90 Å². The van der Waals surface area contributed by atoms with E-state index in [1.807, 2.05) is 37.3 Å². The van der Waals surface area contributed by atoms with Crippen LogP contribution in [0.5, 0.6) is 0 Å². The van der Waals surface area contributed by atoms with E-state index in [1.165, 1.54) is 29.2 Å². The lowest BCUT2D eigenvalue weighted by Gasteiger charge is -2.20. The minimum Gasteiger partial charge on any atom is -0.308 e. The van der Waals surface area contributed by atoms with Crippen molar-refractivity contribution in [3.05, 3.63) is 65.9 Å². The summed E-state index contributed by atoms with van der Waals surface area (Å²) in [7, 11) is 0. The molecular formula is C22H18F3N3O2S. The summed E-state index contributed by atoms with van der Waals surface area (Å²) >= 11 is -0.246. The summed E-state index contributed by atoms with van der Waals surface area (Å²) in [6.45, 7) is 3.72. The van der Waals surface area contributed by atoms with Gasteiger partial charge in [-0.25, -0.2) is 9.69 Å². The van der Waals surface area contributed by atoms with Crippen LogP contribution in [0.3, 0.4) is 0 Å². The summed E-state index contributed by atoms with van der Waals surface area (Å²) in [6, 6.07) is 13.5. The first-order chi connectivity index (χ1) is 14.6. The van der Waals surface area contributed by atoms with Crippen LogP contribution in [0.4, 0.5) is 23.7 Å². The van der Waals surface area contributed by atoms with Crippen LogP contribution in [0.1, 0.15) is 18.2 Å². The van der Waals surface area contributed by atoms with Gasteiger partial charge in [0.15, 0.2) is 0 Å². The van der Waals surface area contributed by atoms with E-state index in [2.05, 4.69) is 4.98 Å². The Morgan fingerprint density at radius 1 is 1.06 bits per heavy atom. The fourth-order valence-electron chi connectivity index (χ4n) is 3.66. The number of urea groups is 1. The van der Waals surface area contributed by atoms with E-state index < -0.39 is 23.5 Å². The fourth-order valence-corrected chi connectivity index (χ4v) is 4.20. The van der Waals surface area contributed by atoms with Crippen LogP contribution in [0.2, 0.25) is 0 Å². The highest BCUT2D eigenvalue weighted by molar-refractivity contribution is 8.00. The van der Waals surface area contributed by atoms with Crippen molar-refractivity contribution in [2.45, 2.75) is 36.8 Å². The SMILES string of the molecule is Cc1cc(CN2C(=O)N(c3ccc(SC(F)(F)F)cc3)C(=O)C2C)c2ccccc2n1. The molecule has 5 nitrogen and oxygen atoms in total. The topological polar surface area (TPSA) is 53.5 Å². The van der Waals surface area contributed by atoms with E-state index in [9.17, 15) is 22.8 Å². The lowest BCUT2D eigenvalue weighted by atomic mass is 10.1. The average Bonchev–Trinajstić information content (AvgIpc) is 2.91. The van der Waals surface area contributed by atoms with Gasteiger partial charge in [-0.05, 0) is 67.6 Å². The van der Waals surface area contributed by atoms with E-state index >= 15 is 0 Å². The van der Waals surface area contributed by atoms with Crippen molar-refractivity contribution in [3.8, 4) is 0 Å². The number of nitrogens with zero attached hydrogens (tertiary/aromatic N) is 3. The van der Waals surface area contributed by atoms with Crippen molar-refractivity contribution >= 4 is 40.3 Å². The summed E-state index contributed by atoms with van der Waals surface area (Å²) in [5.74, 6) is -0.420. The van der Waals surface area contributed by atoms with Crippen LogP contribution in [-0.4, -0.2) is 33.4 Å². The number of imide groups is 1. The zero-order chi connectivity index (χ0) is 22.3. The number of thioether (sulfide) groups is 1. The van der Waals surface area contributed by atoms with Crippen LogP contribution in [0, 0.1) is 6.92 Å². The van der Waals surface area contributed by atoms with Gasteiger partial charge in [0.05, 0.1) is 11.2 Å². The zero-order valence-electron chi connectivity index (χ0n) is 16.7. The van der Waals surface area contributed by atoms with Crippen LogP contribution in [0.15, 0.2) is 59.5 Å². The molecule has 1 atom stereocenters. The van der Waals surface area contributed by atoms with Crippen molar-refractivity contribution < 1.29 is 22.8 Å². The second-order valence-electron chi connectivity index (χ2n) is 7.24. The molecule has 1 unspecified atom stereocenters. The van der Waals surface area contributed by atoms with Crippen molar-refractivity contribution in [1.29, 1.82) is 0 Å². The summed E-state index contributed by atoms with van der Waals surface area (Å²) in [5.41, 5.74) is -1.69. The Bertz CT molecular complexity index is 1160. The third kappa shape index (κ3) is 4.23. The number of hydrogen-bond acceptors (Lipinski definition) is 4. The molecule has 9 heteroatoms. The number of rotatable bonds is 4. The number of carbonyl (C=O) groups excluding carboxylic acids is 2. The number of anilines is 1. The normalized spacial score (nSPS) is 17.1. The largest absolute Gasteiger partial charge is 0.446 e. The molecule has 0 radical (unpaired) electrons. The molecule has 0 bridgehead atoms. The first-order valence-corrected chi connectivity index (χ1v) is 10.3. The standard InChI is InChI=1S/C22H18F3N3O2S/c1-13-11-15(18-5-3-4-6-19(18)26-13)12-27-14(2)20(29)28(21(27)30)16-7-9-17(10-8-16)31-22(23,24)25/h3-11,14H,12H2,1-2H3. The summed E-state index contributed by atoms with van der Waals surface area (Å²) < 4.78 is 37.6. The molecule has 4 rings (SSSR count). The number of halogens is 3. The lowest BCUT2D eigenvalue weighted by Crippen LogP contribution is -2.33. The molecule has 1 aliphatic rings. The number of aryl methyl sites for hydroxylation is 1. The van der Waals surface area contributed by atoms with Gasteiger partial charge in [-0.2, -0.15) is 13.2 Å². The second kappa shape index (κ2) is 7.88. The quantitative estimate of drug-likeness (QED) is 0.392. The molecule has 2 aromatic carbocycles. The van der Waals surface area contributed by atoms with E-state index in [0.717, 1.165) is 27.1 Å². The van der Waals surface area contributed by atoms with Crippen molar-refractivity contribution in [1.82, 2.24) is 9.88 Å². The molecule has 1 saturated heterocycles. The van der Waals surface area contributed by atoms with Gasteiger partial charge in [0, 0.05) is 22.5 Å². The van der Waals surface area contributed by atoms with Gasteiger partial charge >= 0.3 is 11.5 Å². The average molecular weight is 445 g/mol. The van der Waals surface area contributed by atoms with Crippen molar-refractivity contribution in [2.24, 2.45) is 0 Å². The van der Waals surface area contributed by atoms with Gasteiger partial charge in [0.25, 0.3) is 5.91 Å². The van der Waals surface area contributed by atoms with Crippen LogP contribution >= 0.6 is 11.8 Å². The summed E-state index contributed by atoms with van der Waals surface area (Å²) in [6.07, 6.45) is 0. The van der Waals surface area contributed by atoms with E-state index in [0.29, 0.717) is 0 Å². The molecule has 1 aromatic heterocycles. The third-order valence-electron chi connectivity index (χ3n) is 5.08. The first kappa shape index (κ1) is 21.2. The van der Waals surface area contributed by atoms with Gasteiger partial charge in [-0.3, -0.25) is 9.78 Å². The number of fused-ring (bicyclic) bond motifs is 1. The highest BCUT2D eigenvalue weighted by Gasteiger charge is 2.43. The monoisotopic (exact) mass is 445 g/mol. The van der Waals surface area contributed by atoms with Crippen LogP contribution in [-0.2, 0) is 11.3 Å². The second-order valence-corrected chi connectivity index (χ2v) is 8.38. The Balaban J connectivity index is 1.61. The molecular weight excluding hydrogens is 427 g/mol. The number of aromatic nitrogens is 1. The Kier molecular flexibility index (Phi) is 5.38. The molecule has 3 amide bonds. The van der Waals surface area contributed by atoms with E-state index in [4.69, 9.17) is 0 Å². The maximum atomic E-state index is 13.1. The Hall–Kier alpha value is -3.07. The lowest BCUT2D eigenvalue weighted by molar-refractivity contribution is -0.119. The third-order valence-corrected chi connectivity index (χ3v) is 5.82. The van der Waals surface area contributed by atoms with Gasteiger partial charge < -0.3 is 4.90 Å². The highest BCUT2D eigenvalue weighted by Crippen LogP contribution is 2.38. The van der Waals surface area contributed by atoms with Gasteiger partial charge in [-0.1, -0.05) is 18.2 Å². The Labute approximate surface area is 180 Å². The smallest absolute Gasteiger partial charge is 0.308 e. The highest BCUT2D eigenvalue weighted by atomic mass is 32.2. The fraction of sp³-hybridized carbons (Fsp3) is 0.227. The molecule has 0 aliphatic carbocycles. The molecule has 2 heterocycles. The maximum Gasteiger partial charge on any atom is 0.446 e. The zero-order valence-corrected chi connectivity index (χ0v) is 17.5. The number of benzene rings is 2. The Morgan fingerprint density at radius 3 is 2.42 bits per heavy atom. The predicted molar refractivity (Wildman–Crippen MR) is 113 cm³/mol. The van der Waals surface area contributed by atoms with Gasteiger partial charge in [0.2, 0.25) is 0 Å². The number of hydrogen-bond donors (Lipinski definition) is 0. The molecule has 0 N–H and O–H groups in total. The molecule has 0 saturated carbocycles. The van der Waals surface area contributed by atoms with Crippen molar-refractivity contribution in [3.63, 3.8) is 0 Å². The van der Waals surface area contributed by atoms with Crippen molar-refractivity contribution in [2.75, 3.05) is 4.90 Å². The first-order valence-electron chi connectivity index (χ1n) is 9.50. The number of para-hydroxylation sites is 1. The maximum absolute atomic E-state index is 13.1. The molecule has 31 heavy (non-hydrogen) atoms.